The molecule has 2 aromatic carbocycles. The molecule has 0 unspecified atom stereocenters. The Morgan fingerprint density at radius 3 is 2.20 bits per heavy atom. The summed E-state index contributed by atoms with van der Waals surface area (Å²) in [5.41, 5.74) is -1.53. The van der Waals surface area contributed by atoms with Crippen LogP contribution in [0.3, 0.4) is 0 Å². The molecule has 0 aromatic heterocycles. The predicted octanol–water partition coefficient (Wildman–Crippen LogP) is 4.03. The maximum atomic E-state index is 12.9. The van der Waals surface area contributed by atoms with Gasteiger partial charge in [0.15, 0.2) is 0 Å². The van der Waals surface area contributed by atoms with E-state index in [2.05, 4.69) is 0 Å². The van der Waals surface area contributed by atoms with Crippen LogP contribution in [0.2, 0.25) is 0 Å². The van der Waals surface area contributed by atoms with Crippen LogP contribution in [-0.2, 0) is 16.2 Å². The molecular formula is C15H13F3N2O4S. The van der Waals surface area contributed by atoms with E-state index in [9.17, 15) is 31.7 Å². The lowest BCUT2D eigenvalue weighted by atomic mass is 10.1. The minimum atomic E-state index is -4.63. The Morgan fingerprint density at radius 1 is 1.04 bits per heavy atom. The van der Waals surface area contributed by atoms with Crippen LogP contribution in [0.5, 0.6) is 0 Å². The van der Waals surface area contributed by atoms with Crippen molar-refractivity contribution < 1.29 is 26.5 Å². The molecule has 0 radical (unpaired) electrons. The first kappa shape index (κ1) is 18.7. The highest BCUT2D eigenvalue weighted by Crippen LogP contribution is 2.34. The Balaban J connectivity index is 2.47. The summed E-state index contributed by atoms with van der Waals surface area (Å²) in [6.45, 7) is 2.68. The number of nitrogens with one attached hydrogen (secondary N) is 1. The van der Waals surface area contributed by atoms with Gasteiger partial charge in [-0.15, -0.1) is 0 Å². The Labute approximate surface area is 141 Å². The fourth-order valence-corrected chi connectivity index (χ4v) is 3.51. The average molecular weight is 374 g/mol. The van der Waals surface area contributed by atoms with Crippen LogP contribution in [-0.4, -0.2) is 13.3 Å². The number of nitro groups is 1. The number of aryl methyl sites for hydroxylation is 2. The van der Waals surface area contributed by atoms with Crippen molar-refractivity contribution in [3.8, 4) is 0 Å². The summed E-state index contributed by atoms with van der Waals surface area (Å²) in [5, 5.41) is 10.8. The number of hydrogen-bond acceptors (Lipinski definition) is 4. The van der Waals surface area contributed by atoms with E-state index in [0.717, 1.165) is 18.2 Å². The normalized spacial score (nSPS) is 12.0. The molecule has 134 valence electrons. The van der Waals surface area contributed by atoms with Crippen molar-refractivity contribution in [3.63, 3.8) is 0 Å². The number of alkyl halides is 3. The van der Waals surface area contributed by atoms with Gasteiger partial charge in [0, 0.05) is 17.8 Å². The molecule has 0 heterocycles. The molecule has 0 fully saturated rings. The standard InChI is InChI=1S/C15H13F3N2O4S/c1-9-3-5-11(7-13(9)15(16,17)18)19-25(23,24)14-8-12(20(21)22)6-4-10(14)2/h3-8,19H,1-2H3. The van der Waals surface area contributed by atoms with E-state index < -0.39 is 32.4 Å². The second-order valence-electron chi connectivity index (χ2n) is 5.34. The third kappa shape index (κ3) is 4.08. The summed E-state index contributed by atoms with van der Waals surface area (Å²) in [6, 6.07) is 6.26. The quantitative estimate of drug-likeness (QED) is 0.646. The van der Waals surface area contributed by atoms with Gasteiger partial charge in [-0.3, -0.25) is 14.8 Å². The molecular weight excluding hydrogens is 361 g/mol. The van der Waals surface area contributed by atoms with E-state index in [-0.39, 0.29) is 21.7 Å². The predicted molar refractivity (Wildman–Crippen MR) is 84.8 cm³/mol. The van der Waals surface area contributed by atoms with Gasteiger partial charge in [0.05, 0.1) is 15.4 Å². The molecule has 2 aromatic rings. The molecule has 25 heavy (non-hydrogen) atoms. The van der Waals surface area contributed by atoms with Crippen molar-refractivity contribution in [3.05, 3.63) is 63.2 Å². The summed E-state index contributed by atoms with van der Waals surface area (Å²) < 4.78 is 65.7. The molecule has 0 saturated carbocycles. The average Bonchev–Trinajstić information content (AvgIpc) is 2.47. The number of halogens is 3. The fraction of sp³-hybridized carbons (Fsp3) is 0.200. The van der Waals surface area contributed by atoms with Gasteiger partial charge in [-0.25, -0.2) is 8.42 Å². The van der Waals surface area contributed by atoms with E-state index in [1.54, 1.807) is 0 Å². The van der Waals surface area contributed by atoms with Crippen LogP contribution in [0, 0.1) is 24.0 Å². The molecule has 0 aliphatic carbocycles. The maximum Gasteiger partial charge on any atom is 0.416 e. The first-order valence-electron chi connectivity index (χ1n) is 6.87. The molecule has 0 bridgehead atoms. The largest absolute Gasteiger partial charge is 0.416 e. The zero-order valence-corrected chi connectivity index (χ0v) is 13.9. The zero-order chi connectivity index (χ0) is 19.0. The van der Waals surface area contributed by atoms with Crippen molar-refractivity contribution in [2.45, 2.75) is 24.9 Å². The molecule has 10 heteroatoms. The van der Waals surface area contributed by atoms with Gasteiger partial charge in [-0.2, -0.15) is 13.2 Å². The summed E-state index contributed by atoms with van der Waals surface area (Å²) in [5.74, 6) is 0. The highest BCUT2D eigenvalue weighted by molar-refractivity contribution is 7.92. The van der Waals surface area contributed by atoms with Crippen molar-refractivity contribution in [2.24, 2.45) is 0 Å². The second-order valence-corrected chi connectivity index (χ2v) is 6.99. The number of hydrogen-bond donors (Lipinski definition) is 1. The SMILES string of the molecule is Cc1ccc(NS(=O)(=O)c2cc([N+](=O)[O-])ccc2C)cc1C(F)(F)F. The van der Waals surface area contributed by atoms with Gasteiger partial charge in [-0.05, 0) is 37.1 Å². The Kier molecular flexibility index (Phi) is 4.76. The van der Waals surface area contributed by atoms with Gasteiger partial charge in [0.1, 0.15) is 0 Å². The van der Waals surface area contributed by atoms with Crippen LogP contribution in [0.4, 0.5) is 24.5 Å². The van der Waals surface area contributed by atoms with Crippen LogP contribution >= 0.6 is 0 Å². The van der Waals surface area contributed by atoms with Crippen molar-refractivity contribution >= 4 is 21.4 Å². The highest BCUT2D eigenvalue weighted by Gasteiger charge is 2.33. The summed E-state index contributed by atoms with van der Waals surface area (Å²) in [7, 11) is -4.30. The number of sulfonamides is 1. The first-order valence-corrected chi connectivity index (χ1v) is 8.36. The molecule has 0 atom stereocenters. The topological polar surface area (TPSA) is 89.3 Å². The highest BCUT2D eigenvalue weighted by atomic mass is 32.2. The monoisotopic (exact) mass is 374 g/mol. The molecule has 0 aliphatic heterocycles. The van der Waals surface area contributed by atoms with Crippen molar-refractivity contribution in [1.82, 2.24) is 0 Å². The van der Waals surface area contributed by atoms with Crippen LogP contribution in [0.15, 0.2) is 41.3 Å². The smallest absolute Gasteiger partial charge is 0.280 e. The van der Waals surface area contributed by atoms with E-state index >= 15 is 0 Å². The molecule has 0 spiro atoms. The van der Waals surface area contributed by atoms with Crippen LogP contribution in [0.25, 0.3) is 0 Å². The minimum absolute atomic E-state index is 0.0537. The van der Waals surface area contributed by atoms with E-state index in [0.29, 0.717) is 6.07 Å². The van der Waals surface area contributed by atoms with Gasteiger partial charge in [0.25, 0.3) is 15.7 Å². The van der Waals surface area contributed by atoms with E-state index in [1.165, 1.54) is 26.0 Å². The fourth-order valence-electron chi connectivity index (χ4n) is 2.19. The number of anilines is 1. The number of non-ortho nitro benzene ring substituents is 1. The number of nitro benzene ring substituents is 1. The van der Waals surface area contributed by atoms with Gasteiger partial charge >= 0.3 is 6.18 Å². The van der Waals surface area contributed by atoms with Crippen molar-refractivity contribution in [1.29, 1.82) is 0 Å². The first-order chi connectivity index (χ1) is 11.4. The lowest BCUT2D eigenvalue weighted by Gasteiger charge is -2.14. The third-order valence-corrected chi connectivity index (χ3v) is 4.99. The number of nitrogens with zero attached hydrogens (tertiary/aromatic N) is 1. The molecule has 0 amide bonds. The van der Waals surface area contributed by atoms with Crippen LogP contribution < -0.4 is 4.72 Å². The van der Waals surface area contributed by atoms with Crippen LogP contribution in [0.1, 0.15) is 16.7 Å². The molecule has 1 N–H and O–H groups in total. The third-order valence-electron chi connectivity index (χ3n) is 3.47. The molecule has 0 aliphatic rings. The van der Waals surface area contributed by atoms with Gasteiger partial charge < -0.3 is 0 Å². The van der Waals surface area contributed by atoms with Gasteiger partial charge in [0.2, 0.25) is 0 Å². The van der Waals surface area contributed by atoms with E-state index in [1.807, 2.05) is 4.72 Å². The summed E-state index contributed by atoms with van der Waals surface area (Å²) >= 11 is 0. The lowest BCUT2D eigenvalue weighted by Crippen LogP contribution is -2.16. The lowest BCUT2D eigenvalue weighted by molar-refractivity contribution is -0.385. The Hall–Kier alpha value is -2.62. The second kappa shape index (κ2) is 6.36. The number of benzene rings is 2. The summed E-state index contributed by atoms with van der Waals surface area (Å²) in [4.78, 5) is 9.67. The van der Waals surface area contributed by atoms with Crippen molar-refractivity contribution in [2.75, 3.05) is 4.72 Å². The number of rotatable bonds is 4. The molecule has 6 nitrogen and oxygen atoms in total. The van der Waals surface area contributed by atoms with Gasteiger partial charge in [-0.1, -0.05) is 12.1 Å². The minimum Gasteiger partial charge on any atom is -0.280 e. The maximum absolute atomic E-state index is 12.9. The molecule has 2 rings (SSSR count). The van der Waals surface area contributed by atoms with E-state index in [4.69, 9.17) is 0 Å². The zero-order valence-electron chi connectivity index (χ0n) is 13.1. The Bertz CT molecular complexity index is 940. The summed E-state index contributed by atoms with van der Waals surface area (Å²) in [6.07, 6.45) is -4.63. The molecule has 0 saturated heterocycles. The Morgan fingerprint density at radius 2 is 1.64 bits per heavy atom.